The van der Waals surface area contributed by atoms with E-state index < -0.39 is 0 Å². The number of benzene rings is 1. The van der Waals surface area contributed by atoms with Crippen molar-refractivity contribution in [3.05, 3.63) is 38.9 Å². The molecule has 0 spiro atoms. The summed E-state index contributed by atoms with van der Waals surface area (Å²) in [5, 5.41) is 11.2. The highest BCUT2D eigenvalue weighted by atomic mass is 79.9. The molecule has 0 saturated heterocycles. The fraction of sp³-hybridized carbons (Fsp3) is 0.0909. The van der Waals surface area contributed by atoms with Gasteiger partial charge in [0.2, 0.25) is 0 Å². The topological polar surface area (TPSA) is 36.7 Å². The van der Waals surface area contributed by atoms with Gasteiger partial charge in [-0.25, -0.2) is 9.37 Å². The molecule has 2 nitrogen and oxygen atoms in total. The minimum atomic E-state index is -0.289. The molecule has 1 aromatic carbocycles. The summed E-state index contributed by atoms with van der Waals surface area (Å²) in [6.45, 7) is 0. The van der Waals surface area contributed by atoms with Crippen LogP contribution in [0, 0.1) is 17.1 Å². The van der Waals surface area contributed by atoms with Crippen molar-refractivity contribution in [1.29, 1.82) is 5.26 Å². The third-order valence-electron chi connectivity index (χ3n) is 1.99. The Bertz CT molecular complexity index is 559. The molecule has 0 N–H and O–H groups in total. The highest BCUT2D eigenvalue weighted by Crippen LogP contribution is 2.29. The van der Waals surface area contributed by atoms with Crippen molar-refractivity contribution in [2.45, 2.75) is 6.42 Å². The molecule has 1 aromatic heterocycles. The summed E-state index contributed by atoms with van der Waals surface area (Å²) in [6, 6.07) is 6.51. The molecule has 2 aromatic rings. The smallest absolute Gasteiger partial charge is 0.124 e. The standard InChI is InChI=1S/C11H6BrFN2S/c12-9-5-7(13)1-2-8(9)10-6-16-11(15-10)3-4-14/h1-2,5-6H,3H2. The number of rotatable bonds is 2. The number of hydrogen-bond donors (Lipinski definition) is 0. The zero-order chi connectivity index (χ0) is 11.5. The van der Waals surface area contributed by atoms with E-state index in [2.05, 4.69) is 20.9 Å². The zero-order valence-electron chi connectivity index (χ0n) is 8.08. The minimum Gasteiger partial charge on any atom is -0.240 e. The molecule has 5 heteroatoms. The summed E-state index contributed by atoms with van der Waals surface area (Å²) in [5.41, 5.74) is 1.60. The van der Waals surface area contributed by atoms with Gasteiger partial charge >= 0.3 is 0 Å². The van der Waals surface area contributed by atoms with Crippen LogP contribution in [0.25, 0.3) is 11.3 Å². The van der Waals surface area contributed by atoms with Gasteiger partial charge in [0.05, 0.1) is 18.2 Å². The number of nitrogens with zero attached hydrogens (tertiary/aromatic N) is 2. The van der Waals surface area contributed by atoms with Gasteiger partial charge in [0.15, 0.2) is 0 Å². The third kappa shape index (κ3) is 2.29. The van der Waals surface area contributed by atoms with Gasteiger partial charge in [0, 0.05) is 15.4 Å². The molecule has 16 heavy (non-hydrogen) atoms. The first-order valence-corrected chi connectivity index (χ1v) is 6.15. The molecule has 1 heterocycles. The second-order valence-corrected chi connectivity index (χ2v) is 4.88. The summed E-state index contributed by atoms with van der Waals surface area (Å²) in [5.74, 6) is -0.289. The van der Waals surface area contributed by atoms with Gasteiger partial charge in [-0.3, -0.25) is 0 Å². The van der Waals surface area contributed by atoms with Crippen LogP contribution in [0.4, 0.5) is 4.39 Å². The maximum atomic E-state index is 12.9. The van der Waals surface area contributed by atoms with Gasteiger partial charge in [0.25, 0.3) is 0 Å². The molecule has 80 valence electrons. The number of aromatic nitrogens is 1. The van der Waals surface area contributed by atoms with Crippen molar-refractivity contribution in [3.8, 4) is 17.3 Å². The Hall–Kier alpha value is -1.25. The number of nitriles is 1. The van der Waals surface area contributed by atoms with Crippen LogP contribution >= 0.6 is 27.3 Å². The average molecular weight is 297 g/mol. The summed E-state index contributed by atoms with van der Waals surface area (Å²) in [4.78, 5) is 4.30. The Morgan fingerprint density at radius 2 is 2.31 bits per heavy atom. The Kier molecular flexibility index (Phi) is 3.32. The first-order valence-electron chi connectivity index (χ1n) is 4.47. The van der Waals surface area contributed by atoms with Crippen LogP contribution in [-0.2, 0) is 6.42 Å². The summed E-state index contributed by atoms with van der Waals surface area (Å²) in [6.07, 6.45) is 0.309. The minimum absolute atomic E-state index is 0.289. The molecule has 0 atom stereocenters. The Balaban J connectivity index is 2.39. The summed E-state index contributed by atoms with van der Waals surface area (Å²) >= 11 is 4.73. The van der Waals surface area contributed by atoms with Gasteiger partial charge in [-0.05, 0) is 34.1 Å². The van der Waals surface area contributed by atoms with Crippen molar-refractivity contribution in [2.24, 2.45) is 0 Å². The van der Waals surface area contributed by atoms with Crippen molar-refractivity contribution < 1.29 is 4.39 Å². The largest absolute Gasteiger partial charge is 0.240 e. The zero-order valence-corrected chi connectivity index (χ0v) is 10.5. The molecule has 2 rings (SSSR count). The molecule has 0 aliphatic carbocycles. The van der Waals surface area contributed by atoms with Crippen molar-refractivity contribution in [2.75, 3.05) is 0 Å². The highest BCUT2D eigenvalue weighted by molar-refractivity contribution is 9.10. The van der Waals surface area contributed by atoms with Gasteiger partial charge in [-0.1, -0.05) is 0 Å². The monoisotopic (exact) mass is 296 g/mol. The van der Waals surface area contributed by atoms with E-state index in [9.17, 15) is 4.39 Å². The van der Waals surface area contributed by atoms with E-state index in [4.69, 9.17) is 5.26 Å². The van der Waals surface area contributed by atoms with Gasteiger partial charge < -0.3 is 0 Å². The van der Waals surface area contributed by atoms with Gasteiger partial charge in [-0.2, -0.15) is 5.26 Å². The maximum Gasteiger partial charge on any atom is 0.124 e. The van der Waals surface area contributed by atoms with E-state index in [0.29, 0.717) is 10.9 Å². The summed E-state index contributed by atoms with van der Waals surface area (Å²) in [7, 11) is 0. The normalized spacial score (nSPS) is 10.1. The van der Waals surface area contributed by atoms with E-state index in [1.807, 2.05) is 11.4 Å². The molecule has 0 radical (unpaired) electrons. The van der Waals surface area contributed by atoms with E-state index in [1.165, 1.54) is 23.5 Å². The maximum absolute atomic E-state index is 12.9. The predicted octanol–water partition coefficient (Wildman–Crippen LogP) is 3.78. The molecule has 0 unspecified atom stereocenters. The molecule has 0 bridgehead atoms. The molecular weight excluding hydrogens is 291 g/mol. The number of thiazole rings is 1. The predicted molar refractivity (Wildman–Crippen MR) is 64.5 cm³/mol. The van der Waals surface area contributed by atoms with Gasteiger partial charge in [0.1, 0.15) is 10.8 Å². The molecule has 0 amide bonds. The highest BCUT2D eigenvalue weighted by Gasteiger charge is 2.08. The molecule has 0 saturated carbocycles. The summed E-state index contributed by atoms with van der Waals surface area (Å²) < 4.78 is 13.6. The first-order chi connectivity index (χ1) is 7.70. The van der Waals surface area contributed by atoms with Crippen LogP contribution in [0.1, 0.15) is 5.01 Å². The van der Waals surface area contributed by atoms with Crippen LogP contribution in [0.3, 0.4) is 0 Å². The van der Waals surface area contributed by atoms with Crippen LogP contribution in [0.2, 0.25) is 0 Å². The number of halogens is 2. The van der Waals surface area contributed by atoms with Gasteiger partial charge in [-0.15, -0.1) is 11.3 Å². The molecule has 0 aliphatic heterocycles. The quantitative estimate of drug-likeness (QED) is 0.846. The Labute approximate surface area is 105 Å². The lowest BCUT2D eigenvalue weighted by molar-refractivity contribution is 0.627. The Morgan fingerprint density at radius 1 is 1.50 bits per heavy atom. The molecule has 0 fully saturated rings. The second kappa shape index (κ2) is 4.73. The Morgan fingerprint density at radius 3 is 3.00 bits per heavy atom. The average Bonchev–Trinajstić information content (AvgIpc) is 2.67. The fourth-order valence-electron chi connectivity index (χ4n) is 1.28. The van der Waals surface area contributed by atoms with Crippen LogP contribution in [0.5, 0.6) is 0 Å². The van der Waals surface area contributed by atoms with Crippen molar-refractivity contribution >= 4 is 27.3 Å². The van der Waals surface area contributed by atoms with E-state index >= 15 is 0 Å². The van der Waals surface area contributed by atoms with Crippen LogP contribution < -0.4 is 0 Å². The van der Waals surface area contributed by atoms with Crippen molar-refractivity contribution in [3.63, 3.8) is 0 Å². The molecular formula is C11H6BrFN2S. The fourth-order valence-corrected chi connectivity index (χ4v) is 2.56. The lowest BCUT2D eigenvalue weighted by Crippen LogP contribution is -1.84. The number of hydrogen-bond acceptors (Lipinski definition) is 3. The lowest BCUT2D eigenvalue weighted by atomic mass is 10.2. The van der Waals surface area contributed by atoms with Crippen LogP contribution in [-0.4, -0.2) is 4.98 Å². The third-order valence-corrected chi connectivity index (χ3v) is 3.49. The van der Waals surface area contributed by atoms with E-state index in [0.717, 1.165) is 16.3 Å². The lowest BCUT2D eigenvalue weighted by Gasteiger charge is -2.00. The van der Waals surface area contributed by atoms with E-state index in [-0.39, 0.29) is 5.82 Å². The SMILES string of the molecule is N#CCc1nc(-c2ccc(F)cc2Br)cs1. The molecule has 0 aliphatic rings. The first kappa shape index (κ1) is 11.2. The second-order valence-electron chi connectivity index (χ2n) is 3.09. The van der Waals surface area contributed by atoms with E-state index in [1.54, 1.807) is 6.07 Å². The van der Waals surface area contributed by atoms with Crippen LogP contribution in [0.15, 0.2) is 28.1 Å². The van der Waals surface area contributed by atoms with Crippen molar-refractivity contribution in [1.82, 2.24) is 4.98 Å².